The number of piperazine rings is 1. The van der Waals surface area contributed by atoms with Gasteiger partial charge in [0.1, 0.15) is 6.04 Å². The van der Waals surface area contributed by atoms with Crippen molar-refractivity contribution in [1.29, 1.82) is 0 Å². The molecule has 0 aromatic carbocycles. The third-order valence-electron chi connectivity index (χ3n) is 3.02. The van der Waals surface area contributed by atoms with Crippen molar-refractivity contribution in [3.63, 3.8) is 0 Å². The molecule has 0 aromatic heterocycles. The van der Waals surface area contributed by atoms with Crippen LogP contribution in [0.4, 0.5) is 0 Å². The highest BCUT2D eigenvalue weighted by Gasteiger charge is 2.36. The number of thioether (sulfide) groups is 1. The highest BCUT2D eigenvalue weighted by Crippen LogP contribution is 2.28. The largest absolute Gasteiger partial charge is 0.480 e. The topological polar surface area (TPSA) is 69.6 Å². The van der Waals surface area contributed by atoms with E-state index < -0.39 is 12.0 Å². The summed E-state index contributed by atoms with van der Waals surface area (Å²) in [5, 5.41) is 12.1. The monoisotopic (exact) mass is 244 g/mol. The van der Waals surface area contributed by atoms with Crippen LogP contribution in [0, 0.1) is 0 Å². The first-order chi connectivity index (χ1) is 7.70. The summed E-state index contributed by atoms with van der Waals surface area (Å²) < 4.78 is 0. The highest BCUT2D eigenvalue weighted by atomic mass is 32.2. The molecule has 6 heteroatoms. The van der Waals surface area contributed by atoms with E-state index in [1.807, 2.05) is 0 Å². The number of carboxylic acids is 1. The molecule has 0 spiro atoms. The maximum Gasteiger partial charge on any atom is 0.327 e. The quantitative estimate of drug-likeness (QED) is 0.702. The number of nitrogens with one attached hydrogen (secondary N) is 1. The third kappa shape index (κ3) is 2.32. The summed E-state index contributed by atoms with van der Waals surface area (Å²) in [5.74, 6) is 0.111. The van der Waals surface area contributed by atoms with E-state index in [9.17, 15) is 9.59 Å². The smallest absolute Gasteiger partial charge is 0.327 e. The van der Waals surface area contributed by atoms with Gasteiger partial charge in [-0.1, -0.05) is 0 Å². The van der Waals surface area contributed by atoms with E-state index in [0.717, 1.165) is 18.6 Å². The molecule has 0 aliphatic carbocycles. The van der Waals surface area contributed by atoms with E-state index in [0.29, 0.717) is 19.6 Å². The zero-order valence-electron chi connectivity index (χ0n) is 9.02. The van der Waals surface area contributed by atoms with Crippen molar-refractivity contribution in [2.45, 2.75) is 24.1 Å². The van der Waals surface area contributed by atoms with Gasteiger partial charge in [0.25, 0.3) is 0 Å². The molecule has 2 atom stereocenters. The first kappa shape index (κ1) is 11.7. The van der Waals surface area contributed by atoms with Gasteiger partial charge >= 0.3 is 5.97 Å². The summed E-state index contributed by atoms with van der Waals surface area (Å²) in [6.45, 7) is 1.55. The normalized spacial score (nSPS) is 30.4. The molecule has 2 unspecified atom stereocenters. The number of carboxylic acid groups (broad SMARTS) is 1. The van der Waals surface area contributed by atoms with E-state index in [2.05, 4.69) is 5.32 Å². The average molecular weight is 244 g/mol. The van der Waals surface area contributed by atoms with Crippen molar-refractivity contribution >= 4 is 23.6 Å². The summed E-state index contributed by atoms with van der Waals surface area (Å²) in [6, 6.07) is -0.692. The molecule has 16 heavy (non-hydrogen) atoms. The predicted octanol–water partition coefficient (Wildman–Crippen LogP) is -0.233. The molecule has 0 saturated carbocycles. The zero-order chi connectivity index (χ0) is 11.5. The average Bonchev–Trinajstić information content (AvgIpc) is 2.81. The molecule has 1 amide bonds. The van der Waals surface area contributed by atoms with E-state index in [1.165, 1.54) is 4.90 Å². The van der Waals surface area contributed by atoms with Gasteiger partial charge in [-0.3, -0.25) is 4.79 Å². The van der Waals surface area contributed by atoms with Gasteiger partial charge in [-0.15, -0.1) is 11.8 Å². The number of aliphatic carboxylic acids is 1. The second kappa shape index (κ2) is 5.05. The molecule has 0 aromatic rings. The van der Waals surface area contributed by atoms with Gasteiger partial charge in [-0.25, -0.2) is 4.79 Å². The lowest BCUT2D eigenvalue weighted by atomic mass is 10.1. The summed E-state index contributed by atoms with van der Waals surface area (Å²) in [7, 11) is 0. The minimum absolute atomic E-state index is 0.0106. The Hall–Kier alpha value is -0.750. The van der Waals surface area contributed by atoms with Crippen molar-refractivity contribution in [1.82, 2.24) is 10.2 Å². The van der Waals surface area contributed by atoms with E-state index in [-0.39, 0.29) is 11.2 Å². The van der Waals surface area contributed by atoms with Gasteiger partial charge in [0.2, 0.25) is 5.91 Å². The fraction of sp³-hybridized carbons (Fsp3) is 0.800. The molecule has 5 nitrogen and oxygen atoms in total. The minimum Gasteiger partial charge on any atom is -0.480 e. The molecule has 2 heterocycles. The van der Waals surface area contributed by atoms with Crippen molar-refractivity contribution in [2.24, 2.45) is 0 Å². The highest BCUT2D eigenvalue weighted by molar-refractivity contribution is 8.00. The van der Waals surface area contributed by atoms with Crippen LogP contribution in [0.15, 0.2) is 0 Å². The zero-order valence-corrected chi connectivity index (χ0v) is 9.83. The molecule has 90 valence electrons. The van der Waals surface area contributed by atoms with Gasteiger partial charge in [0.05, 0.1) is 5.25 Å². The molecule has 0 radical (unpaired) electrons. The Labute approximate surface area is 98.6 Å². The number of hydrogen-bond acceptors (Lipinski definition) is 4. The molecule has 0 bridgehead atoms. The van der Waals surface area contributed by atoms with Crippen LogP contribution < -0.4 is 5.32 Å². The Morgan fingerprint density at radius 1 is 1.44 bits per heavy atom. The van der Waals surface area contributed by atoms with E-state index in [4.69, 9.17) is 5.11 Å². The van der Waals surface area contributed by atoms with E-state index >= 15 is 0 Å². The summed E-state index contributed by atoms with van der Waals surface area (Å²) >= 11 is 1.65. The van der Waals surface area contributed by atoms with Crippen LogP contribution in [0.2, 0.25) is 0 Å². The first-order valence-corrected chi connectivity index (χ1v) is 6.60. The van der Waals surface area contributed by atoms with Crippen LogP contribution >= 0.6 is 11.8 Å². The lowest BCUT2D eigenvalue weighted by Crippen LogP contribution is -2.58. The molecule has 2 N–H and O–H groups in total. The lowest BCUT2D eigenvalue weighted by Gasteiger charge is -2.34. The van der Waals surface area contributed by atoms with Crippen LogP contribution in [-0.2, 0) is 9.59 Å². The molecule has 2 aliphatic heterocycles. The van der Waals surface area contributed by atoms with Gasteiger partial charge < -0.3 is 15.3 Å². The maximum absolute atomic E-state index is 12.1. The maximum atomic E-state index is 12.1. The summed E-state index contributed by atoms with van der Waals surface area (Å²) in [5.41, 5.74) is 0. The number of carbonyl (C=O) groups excluding carboxylic acids is 1. The predicted molar refractivity (Wildman–Crippen MR) is 61.5 cm³/mol. The number of carbonyl (C=O) groups is 2. The first-order valence-electron chi connectivity index (χ1n) is 5.56. The minimum atomic E-state index is -0.913. The Morgan fingerprint density at radius 3 is 2.88 bits per heavy atom. The van der Waals surface area contributed by atoms with Crippen LogP contribution in [-0.4, -0.2) is 58.6 Å². The van der Waals surface area contributed by atoms with Crippen molar-refractivity contribution in [3.8, 4) is 0 Å². The van der Waals surface area contributed by atoms with Gasteiger partial charge in [0.15, 0.2) is 0 Å². The van der Waals surface area contributed by atoms with Crippen LogP contribution in [0.1, 0.15) is 12.8 Å². The van der Waals surface area contributed by atoms with Crippen molar-refractivity contribution in [3.05, 3.63) is 0 Å². The number of nitrogens with zero attached hydrogens (tertiary/aromatic N) is 1. The van der Waals surface area contributed by atoms with Crippen LogP contribution in [0.3, 0.4) is 0 Å². The Morgan fingerprint density at radius 2 is 2.25 bits per heavy atom. The Bertz CT molecular complexity index is 292. The van der Waals surface area contributed by atoms with E-state index in [1.54, 1.807) is 11.8 Å². The molecule has 2 aliphatic rings. The van der Waals surface area contributed by atoms with Gasteiger partial charge in [-0.05, 0) is 18.6 Å². The number of amides is 1. The third-order valence-corrected chi connectivity index (χ3v) is 4.38. The second-order valence-electron chi connectivity index (χ2n) is 4.09. The molecular formula is C10H16N2O3S. The van der Waals surface area contributed by atoms with Crippen LogP contribution in [0.25, 0.3) is 0 Å². The van der Waals surface area contributed by atoms with Crippen molar-refractivity contribution < 1.29 is 14.7 Å². The summed E-state index contributed by atoms with van der Waals surface area (Å²) in [4.78, 5) is 24.7. The molecular weight excluding hydrogens is 228 g/mol. The summed E-state index contributed by atoms with van der Waals surface area (Å²) in [6.07, 6.45) is 1.95. The van der Waals surface area contributed by atoms with Crippen molar-refractivity contribution in [2.75, 3.05) is 25.4 Å². The fourth-order valence-corrected chi connectivity index (χ4v) is 3.38. The van der Waals surface area contributed by atoms with Gasteiger partial charge in [0, 0.05) is 19.6 Å². The SMILES string of the molecule is O=C(O)C1CNCCN1C(=O)C1CCCS1. The number of hydrogen-bond donors (Lipinski definition) is 2. The Kier molecular flexibility index (Phi) is 3.70. The van der Waals surface area contributed by atoms with Crippen LogP contribution in [0.5, 0.6) is 0 Å². The molecule has 2 rings (SSSR count). The fourth-order valence-electron chi connectivity index (χ4n) is 2.15. The lowest BCUT2D eigenvalue weighted by molar-refractivity contribution is -0.151. The standard InChI is InChI=1S/C10H16N2O3S/c13-9(8-2-1-5-16-8)12-4-3-11-6-7(12)10(14)15/h7-8,11H,1-6H2,(H,14,15). The van der Waals surface area contributed by atoms with Gasteiger partial charge in [-0.2, -0.15) is 0 Å². The second-order valence-corrected chi connectivity index (χ2v) is 5.40. The Balaban J connectivity index is 2.04. The molecule has 2 saturated heterocycles. The number of rotatable bonds is 2. The molecule has 2 fully saturated rings.